The van der Waals surface area contributed by atoms with E-state index in [-0.39, 0.29) is 6.04 Å². The van der Waals surface area contributed by atoms with Crippen LogP contribution in [-0.4, -0.2) is 17.3 Å². The third kappa shape index (κ3) is 3.29. The van der Waals surface area contributed by atoms with Gasteiger partial charge in [-0.1, -0.05) is 39.3 Å². The van der Waals surface area contributed by atoms with E-state index in [2.05, 4.69) is 37.8 Å². The van der Waals surface area contributed by atoms with Crippen LogP contribution in [0.15, 0.2) is 4.52 Å². The van der Waals surface area contributed by atoms with Crippen molar-refractivity contribution in [1.29, 1.82) is 0 Å². The molecule has 2 rings (SSSR count). The van der Waals surface area contributed by atoms with Gasteiger partial charge in [-0.05, 0) is 37.0 Å². The molecule has 1 aliphatic carbocycles. The van der Waals surface area contributed by atoms with E-state index in [0.29, 0.717) is 23.0 Å². The number of aromatic nitrogens is 2. The molecule has 0 spiro atoms. The number of nitrogens with zero attached hydrogens (tertiary/aromatic N) is 2. The third-order valence-corrected chi connectivity index (χ3v) is 5.19. The zero-order valence-electron chi connectivity index (χ0n) is 14.0. The lowest BCUT2D eigenvalue weighted by atomic mass is 9.70. The normalized spacial score (nSPS) is 23.7. The Kier molecular flexibility index (Phi) is 4.73. The highest BCUT2D eigenvalue weighted by molar-refractivity contribution is 5.06. The second-order valence-corrected chi connectivity index (χ2v) is 7.23. The van der Waals surface area contributed by atoms with Crippen molar-refractivity contribution in [3.63, 3.8) is 0 Å². The molecular formula is C16H29N3O2. The molecule has 5 nitrogen and oxygen atoms in total. The Morgan fingerprint density at radius 3 is 2.43 bits per heavy atom. The molecule has 21 heavy (non-hydrogen) atoms. The van der Waals surface area contributed by atoms with Crippen molar-refractivity contribution in [2.45, 2.75) is 71.4 Å². The molecule has 0 saturated heterocycles. The summed E-state index contributed by atoms with van der Waals surface area (Å²) in [5.74, 6) is 1.51. The van der Waals surface area contributed by atoms with Crippen molar-refractivity contribution >= 4 is 0 Å². The fraction of sp³-hybridized carbons (Fsp3) is 0.875. The summed E-state index contributed by atoms with van der Waals surface area (Å²) >= 11 is 0. The van der Waals surface area contributed by atoms with Gasteiger partial charge in [0.1, 0.15) is 5.60 Å². The second kappa shape index (κ2) is 6.05. The SMILES string of the molecule is CCC(C)C(N)c1nc(C2(OC)CCC(C)(C)CC2)no1. The average molecular weight is 295 g/mol. The number of rotatable bonds is 5. The van der Waals surface area contributed by atoms with Crippen molar-refractivity contribution in [1.82, 2.24) is 10.1 Å². The standard InChI is InChI=1S/C16H29N3O2/c1-6-11(2)12(17)13-18-14(19-21-13)16(20-5)9-7-15(3,4)8-10-16/h11-12H,6-10,17H2,1-5H3. The molecule has 1 aromatic heterocycles. The van der Waals surface area contributed by atoms with Crippen LogP contribution >= 0.6 is 0 Å². The van der Waals surface area contributed by atoms with E-state index >= 15 is 0 Å². The van der Waals surface area contributed by atoms with Crippen LogP contribution in [0.3, 0.4) is 0 Å². The van der Waals surface area contributed by atoms with Gasteiger partial charge in [-0.2, -0.15) is 4.98 Å². The predicted molar refractivity (Wildman–Crippen MR) is 81.6 cm³/mol. The van der Waals surface area contributed by atoms with Gasteiger partial charge < -0.3 is 15.0 Å². The number of hydrogen-bond donors (Lipinski definition) is 1. The molecule has 0 aromatic carbocycles. The van der Waals surface area contributed by atoms with Crippen molar-refractivity contribution < 1.29 is 9.26 Å². The van der Waals surface area contributed by atoms with Gasteiger partial charge in [-0.3, -0.25) is 0 Å². The van der Waals surface area contributed by atoms with Crippen molar-refractivity contribution in [2.75, 3.05) is 7.11 Å². The molecule has 0 radical (unpaired) electrons. The first kappa shape index (κ1) is 16.4. The molecule has 1 aliphatic rings. The van der Waals surface area contributed by atoms with Gasteiger partial charge in [0.15, 0.2) is 0 Å². The van der Waals surface area contributed by atoms with Crippen LogP contribution in [0.4, 0.5) is 0 Å². The minimum Gasteiger partial charge on any atom is -0.370 e. The zero-order valence-corrected chi connectivity index (χ0v) is 14.0. The van der Waals surface area contributed by atoms with Crippen LogP contribution in [0.2, 0.25) is 0 Å². The van der Waals surface area contributed by atoms with E-state index in [1.807, 2.05) is 0 Å². The van der Waals surface area contributed by atoms with E-state index < -0.39 is 5.60 Å². The van der Waals surface area contributed by atoms with Gasteiger partial charge in [0, 0.05) is 7.11 Å². The third-order valence-electron chi connectivity index (χ3n) is 5.19. The molecule has 0 aliphatic heterocycles. The maximum Gasteiger partial charge on any atom is 0.243 e. The molecule has 120 valence electrons. The summed E-state index contributed by atoms with van der Waals surface area (Å²) in [7, 11) is 1.74. The number of nitrogens with two attached hydrogens (primary N) is 1. The van der Waals surface area contributed by atoms with Gasteiger partial charge in [0.25, 0.3) is 0 Å². The summed E-state index contributed by atoms with van der Waals surface area (Å²) in [5.41, 5.74) is 6.14. The molecule has 2 unspecified atom stereocenters. The molecular weight excluding hydrogens is 266 g/mol. The van der Waals surface area contributed by atoms with Crippen molar-refractivity contribution in [2.24, 2.45) is 17.1 Å². The van der Waals surface area contributed by atoms with Crippen molar-refractivity contribution in [3.8, 4) is 0 Å². The maximum absolute atomic E-state index is 6.18. The minimum atomic E-state index is -0.410. The van der Waals surface area contributed by atoms with Gasteiger partial charge >= 0.3 is 0 Å². The molecule has 0 amide bonds. The summed E-state index contributed by atoms with van der Waals surface area (Å²) in [6.07, 6.45) is 5.04. The van der Waals surface area contributed by atoms with Crippen LogP contribution in [-0.2, 0) is 10.3 Å². The highest BCUT2D eigenvalue weighted by Crippen LogP contribution is 2.46. The first-order valence-electron chi connectivity index (χ1n) is 7.98. The van der Waals surface area contributed by atoms with Crippen molar-refractivity contribution in [3.05, 3.63) is 11.7 Å². The summed E-state index contributed by atoms with van der Waals surface area (Å²) in [5, 5.41) is 4.18. The molecule has 1 aromatic rings. The first-order valence-corrected chi connectivity index (χ1v) is 7.98. The largest absolute Gasteiger partial charge is 0.370 e. The first-order chi connectivity index (χ1) is 9.83. The summed E-state index contributed by atoms with van der Waals surface area (Å²) < 4.78 is 11.2. The quantitative estimate of drug-likeness (QED) is 0.899. The van der Waals surface area contributed by atoms with Crippen LogP contribution in [0.5, 0.6) is 0 Å². The Morgan fingerprint density at radius 1 is 1.29 bits per heavy atom. The Morgan fingerprint density at radius 2 is 1.90 bits per heavy atom. The predicted octanol–water partition coefficient (Wildman–Crippen LogP) is 3.56. The highest BCUT2D eigenvalue weighted by Gasteiger charge is 2.43. The van der Waals surface area contributed by atoms with E-state index in [1.165, 1.54) is 0 Å². The second-order valence-electron chi connectivity index (χ2n) is 7.23. The molecule has 2 atom stereocenters. The van der Waals surface area contributed by atoms with Crippen LogP contribution in [0, 0.1) is 11.3 Å². The zero-order chi connectivity index (χ0) is 15.7. The fourth-order valence-electron chi connectivity index (χ4n) is 2.90. The Bertz CT molecular complexity index is 460. The summed E-state index contributed by atoms with van der Waals surface area (Å²) in [6.45, 7) is 8.81. The van der Waals surface area contributed by atoms with Gasteiger partial charge in [0.05, 0.1) is 6.04 Å². The molecule has 2 N–H and O–H groups in total. The van der Waals surface area contributed by atoms with E-state index in [4.69, 9.17) is 15.0 Å². The monoisotopic (exact) mass is 295 g/mol. The number of methoxy groups -OCH3 is 1. The molecule has 1 heterocycles. The summed E-state index contributed by atoms with van der Waals surface area (Å²) in [6, 6.07) is -0.204. The topological polar surface area (TPSA) is 74.2 Å². The minimum absolute atomic E-state index is 0.204. The maximum atomic E-state index is 6.18. The Labute approximate surface area is 127 Å². The molecule has 1 saturated carbocycles. The van der Waals surface area contributed by atoms with Crippen LogP contribution in [0.1, 0.15) is 77.6 Å². The Hall–Kier alpha value is -0.940. The average Bonchev–Trinajstić information content (AvgIpc) is 2.96. The lowest BCUT2D eigenvalue weighted by Gasteiger charge is -2.40. The molecule has 5 heteroatoms. The van der Waals surface area contributed by atoms with Gasteiger partial charge in [0.2, 0.25) is 11.7 Å². The summed E-state index contributed by atoms with van der Waals surface area (Å²) in [4.78, 5) is 4.57. The highest BCUT2D eigenvalue weighted by atomic mass is 16.5. The fourth-order valence-corrected chi connectivity index (χ4v) is 2.90. The van der Waals surface area contributed by atoms with Gasteiger partial charge in [-0.25, -0.2) is 0 Å². The number of hydrogen-bond acceptors (Lipinski definition) is 5. The van der Waals surface area contributed by atoms with Gasteiger partial charge in [-0.15, -0.1) is 0 Å². The lowest BCUT2D eigenvalue weighted by molar-refractivity contribution is -0.0740. The van der Waals surface area contributed by atoms with E-state index in [0.717, 1.165) is 32.1 Å². The van der Waals surface area contributed by atoms with Crippen LogP contribution < -0.4 is 5.73 Å². The molecule has 1 fully saturated rings. The lowest BCUT2D eigenvalue weighted by Crippen LogP contribution is -2.37. The van der Waals surface area contributed by atoms with E-state index in [9.17, 15) is 0 Å². The van der Waals surface area contributed by atoms with E-state index in [1.54, 1.807) is 7.11 Å². The Balaban J connectivity index is 2.19. The smallest absolute Gasteiger partial charge is 0.243 e. The number of ether oxygens (including phenoxy) is 1. The molecule has 0 bridgehead atoms. The van der Waals surface area contributed by atoms with Crippen LogP contribution in [0.25, 0.3) is 0 Å².